The molecule has 0 fully saturated rings. The first-order valence-corrected chi connectivity index (χ1v) is 4.51. The van der Waals surface area contributed by atoms with Crippen LogP contribution in [-0.4, -0.2) is 0 Å². The van der Waals surface area contributed by atoms with Crippen molar-refractivity contribution in [2.24, 2.45) is 0 Å². The molecular weight excluding hydrogens is 397 g/mol. The minimum atomic E-state index is -4.94. The Morgan fingerprint density at radius 3 is 1.93 bits per heavy atom. The second kappa shape index (κ2) is 6.85. The number of rotatable bonds is 2. The molecule has 8 heteroatoms. The van der Waals surface area contributed by atoms with Crippen LogP contribution in [0.5, 0.6) is 5.75 Å². The second-order valence-electron chi connectivity index (χ2n) is 2.11. The Balaban J connectivity index is 0. The molecule has 0 aromatic heterocycles. The van der Waals surface area contributed by atoms with Crippen LogP contribution in [0.4, 0.5) is 5.69 Å². The van der Waals surface area contributed by atoms with Crippen LogP contribution in [0, 0.1) is 0 Å². The van der Waals surface area contributed by atoms with E-state index in [9.17, 15) is 14.4 Å². The van der Waals surface area contributed by atoms with Crippen LogP contribution in [0.25, 0.3) is 0 Å². The molecule has 0 spiro atoms. The van der Waals surface area contributed by atoms with Crippen LogP contribution in [0.2, 0.25) is 0 Å². The molecule has 5 nitrogen and oxygen atoms in total. The number of nitrogen functional groups attached to an aromatic ring is 1. The standard InChI is InChI=1S/C6H8NO4P.2Ag/c7-5-1-3-6(4-2-5)11-12(8,9)10;;/h1-4H,7H2,(H2,8,9,10);;/q;2*+1/p-2. The Labute approximate surface area is 112 Å². The van der Waals surface area contributed by atoms with Gasteiger partial charge in [0.05, 0.1) is 0 Å². The topological polar surface area (TPSA) is 98.4 Å². The Morgan fingerprint density at radius 1 is 1.14 bits per heavy atom. The van der Waals surface area contributed by atoms with E-state index >= 15 is 0 Å². The molecule has 0 unspecified atom stereocenters. The monoisotopic (exact) mass is 401 g/mol. The van der Waals surface area contributed by atoms with Crippen LogP contribution in [0.1, 0.15) is 0 Å². The van der Waals surface area contributed by atoms with Gasteiger partial charge < -0.3 is 24.6 Å². The predicted octanol–water partition coefficient (Wildman–Crippen LogP) is -0.529. The van der Waals surface area contributed by atoms with E-state index in [-0.39, 0.29) is 50.5 Å². The van der Waals surface area contributed by atoms with Crippen LogP contribution >= 0.6 is 7.82 Å². The van der Waals surface area contributed by atoms with E-state index in [1.807, 2.05) is 0 Å². The summed E-state index contributed by atoms with van der Waals surface area (Å²) >= 11 is 0. The minimum absolute atomic E-state index is 0. The molecule has 0 saturated heterocycles. The molecule has 1 aromatic rings. The van der Waals surface area contributed by atoms with E-state index < -0.39 is 7.82 Å². The average Bonchev–Trinajstić information content (AvgIpc) is 1.91. The number of phosphoric ester groups is 1. The number of anilines is 1. The third kappa shape index (κ3) is 6.84. The number of hydrogen-bond donors (Lipinski definition) is 1. The largest absolute Gasteiger partial charge is 1.00 e. The fourth-order valence-electron chi connectivity index (χ4n) is 0.658. The summed E-state index contributed by atoms with van der Waals surface area (Å²) in [6.07, 6.45) is 0. The van der Waals surface area contributed by atoms with Crippen LogP contribution < -0.4 is 20.0 Å². The zero-order chi connectivity index (χ0) is 9.19. The van der Waals surface area contributed by atoms with Gasteiger partial charge in [0.1, 0.15) is 13.6 Å². The van der Waals surface area contributed by atoms with Crippen LogP contribution in [0.15, 0.2) is 24.3 Å². The van der Waals surface area contributed by atoms with Crippen molar-refractivity contribution in [2.75, 3.05) is 5.73 Å². The van der Waals surface area contributed by atoms with Crippen molar-refractivity contribution in [3.63, 3.8) is 0 Å². The van der Waals surface area contributed by atoms with E-state index in [2.05, 4.69) is 4.52 Å². The van der Waals surface area contributed by atoms with Gasteiger partial charge in [-0.25, -0.2) is 0 Å². The Bertz CT molecular complexity index is 312. The van der Waals surface area contributed by atoms with Gasteiger partial charge in [0.2, 0.25) is 0 Å². The summed E-state index contributed by atoms with van der Waals surface area (Å²) < 4.78 is 14.1. The van der Waals surface area contributed by atoms with Gasteiger partial charge in [-0.15, -0.1) is 0 Å². The summed E-state index contributed by atoms with van der Waals surface area (Å²) in [5.41, 5.74) is 5.78. The van der Waals surface area contributed by atoms with Gasteiger partial charge in [0.25, 0.3) is 0 Å². The van der Waals surface area contributed by atoms with Crippen molar-refractivity contribution in [3.8, 4) is 5.75 Å². The molecule has 2 N–H and O–H groups in total. The molecule has 0 aliphatic heterocycles. The molecule has 0 saturated carbocycles. The molecule has 1 rings (SSSR count). The molecular formula is C6H6Ag2NO4P. The quantitative estimate of drug-likeness (QED) is 0.407. The third-order valence-electron chi connectivity index (χ3n) is 1.10. The van der Waals surface area contributed by atoms with E-state index in [1.165, 1.54) is 24.3 Å². The van der Waals surface area contributed by atoms with Crippen molar-refractivity contribution < 1.29 is 63.6 Å². The van der Waals surface area contributed by atoms with E-state index in [0.717, 1.165) is 0 Å². The number of nitrogens with two attached hydrogens (primary N) is 1. The summed E-state index contributed by atoms with van der Waals surface area (Å²) in [5, 5.41) is 0. The van der Waals surface area contributed by atoms with E-state index in [0.29, 0.717) is 5.69 Å². The maximum absolute atomic E-state index is 10.1. The summed E-state index contributed by atoms with van der Waals surface area (Å²) in [5.74, 6) is -0.0301. The number of phosphoric acid groups is 1. The van der Waals surface area contributed by atoms with Gasteiger partial charge in [-0.1, -0.05) is 0 Å². The van der Waals surface area contributed by atoms with Crippen molar-refractivity contribution in [3.05, 3.63) is 24.3 Å². The van der Waals surface area contributed by atoms with Gasteiger partial charge in [-0.2, -0.15) is 0 Å². The van der Waals surface area contributed by atoms with Gasteiger partial charge in [0.15, 0.2) is 0 Å². The van der Waals surface area contributed by atoms with Gasteiger partial charge >= 0.3 is 44.8 Å². The first-order valence-electron chi connectivity index (χ1n) is 3.04. The molecule has 14 heavy (non-hydrogen) atoms. The first kappa shape index (κ1) is 16.9. The Kier molecular flexibility index (Phi) is 8.25. The fourth-order valence-corrected chi connectivity index (χ4v) is 1.04. The molecule has 0 aliphatic rings. The molecule has 0 amide bonds. The predicted molar refractivity (Wildman–Crippen MR) is 39.1 cm³/mol. The molecule has 0 aliphatic carbocycles. The zero-order valence-electron chi connectivity index (χ0n) is 6.57. The van der Waals surface area contributed by atoms with Crippen molar-refractivity contribution in [2.45, 2.75) is 0 Å². The van der Waals surface area contributed by atoms with Crippen molar-refractivity contribution >= 4 is 13.5 Å². The van der Waals surface area contributed by atoms with Crippen LogP contribution in [-0.2, 0) is 49.3 Å². The summed E-state index contributed by atoms with van der Waals surface area (Å²) in [6, 6.07) is 5.48. The summed E-state index contributed by atoms with van der Waals surface area (Å²) in [6.45, 7) is 0. The third-order valence-corrected chi connectivity index (χ3v) is 1.53. The minimum Gasteiger partial charge on any atom is -0.780 e. The van der Waals surface area contributed by atoms with Gasteiger partial charge in [0, 0.05) is 5.69 Å². The summed E-state index contributed by atoms with van der Waals surface area (Å²) in [4.78, 5) is 20.2. The van der Waals surface area contributed by atoms with Crippen molar-refractivity contribution in [1.82, 2.24) is 0 Å². The van der Waals surface area contributed by atoms with Crippen molar-refractivity contribution in [1.29, 1.82) is 0 Å². The number of hydrogen-bond acceptors (Lipinski definition) is 5. The van der Waals surface area contributed by atoms with E-state index in [1.54, 1.807) is 0 Å². The Hall–Kier alpha value is 0.451. The maximum atomic E-state index is 10.1. The fraction of sp³-hybridized carbons (Fsp3) is 0. The summed E-state index contributed by atoms with van der Waals surface area (Å²) in [7, 11) is -4.94. The average molecular weight is 403 g/mol. The van der Waals surface area contributed by atoms with E-state index in [4.69, 9.17) is 5.73 Å². The molecule has 1 aromatic carbocycles. The molecule has 0 heterocycles. The first-order chi connectivity index (χ1) is 5.47. The van der Waals surface area contributed by atoms with Crippen LogP contribution in [0.3, 0.4) is 0 Å². The van der Waals surface area contributed by atoms with Gasteiger partial charge in [-0.3, -0.25) is 0 Å². The zero-order valence-corrected chi connectivity index (χ0v) is 10.4. The smallest absolute Gasteiger partial charge is 0.780 e. The molecule has 0 radical (unpaired) electrons. The maximum Gasteiger partial charge on any atom is 1.00 e. The Morgan fingerprint density at radius 2 is 1.57 bits per heavy atom. The number of benzene rings is 1. The van der Waals surface area contributed by atoms with Gasteiger partial charge in [-0.05, 0) is 24.3 Å². The molecule has 0 atom stereocenters. The second-order valence-corrected chi connectivity index (χ2v) is 3.18. The SMILES string of the molecule is Nc1ccc(OP(=O)([O-])[O-])cc1.[Ag+].[Ag+]. The molecule has 0 bridgehead atoms. The molecule has 86 valence electrons. The normalized spacial score (nSPS) is 9.57.